The lowest BCUT2D eigenvalue weighted by atomic mass is 9.97. The first-order chi connectivity index (χ1) is 12.0. The van der Waals surface area contributed by atoms with Crippen molar-refractivity contribution in [3.05, 3.63) is 34.9 Å². The molecule has 2 aromatic rings. The fourth-order valence-corrected chi connectivity index (χ4v) is 3.07. The van der Waals surface area contributed by atoms with Crippen LogP contribution in [0.2, 0.25) is 0 Å². The van der Waals surface area contributed by atoms with Gasteiger partial charge in [-0.25, -0.2) is 4.63 Å². The summed E-state index contributed by atoms with van der Waals surface area (Å²) >= 11 is 0. The predicted molar refractivity (Wildman–Crippen MR) is 88.7 cm³/mol. The van der Waals surface area contributed by atoms with Crippen molar-refractivity contribution in [1.82, 2.24) is 25.5 Å². The number of rotatable bonds is 6. The van der Waals surface area contributed by atoms with Gasteiger partial charge in [0.2, 0.25) is 5.91 Å². The van der Waals surface area contributed by atoms with Crippen molar-refractivity contribution in [3.8, 4) is 0 Å². The molecule has 0 spiro atoms. The molecule has 0 saturated carbocycles. The van der Waals surface area contributed by atoms with Gasteiger partial charge in [0.25, 0.3) is 5.91 Å². The minimum Gasteiger partial charge on any atom is -0.366 e. The Labute approximate surface area is 144 Å². The Kier molecular flexibility index (Phi) is 5.13. The van der Waals surface area contributed by atoms with Crippen molar-refractivity contribution in [2.75, 3.05) is 19.6 Å². The zero-order chi connectivity index (χ0) is 17.8. The number of aromatic nitrogens is 3. The first kappa shape index (κ1) is 17.2. The second-order valence-corrected chi connectivity index (χ2v) is 6.42. The van der Waals surface area contributed by atoms with Gasteiger partial charge >= 0.3 is 0 Å². The third kappa shape index (κ3) is 4.24. The molecule has 9 nitrogen and oxygen atoms in total. The van der Waals surface area contributed by atoms with E-state index < -0.39 is 5.91 Å². The van der Waals surface area contributed by atoms with Gasteiger partial charge in [0.15, 0.2) is 0 Å². The Hall–Kier alpha value is -2.68. The summed E-state index contributed by atoms with van der Waals surface area (Å²) in [5.41, 5.74) is 7.49. The van der Waals surface area contributed by atoms with Crippen LogP contribution >= 0.6 is 0 Å². The molecule has 0 radical (unpaired) electrons. The minimum atomic E-state index is -0.559. The van der Waals surface area contributed by atoms with E-state index >= 15 is 0 Å². The maximum Gasteiger partial charge on any atom is 0.267 e. The van der Waals surface area contributed by atoms with Gasteiger partial charge in [0, 0.05) is 25.8 Å². The zero-order valence-corrected chi connectivity index (χ0v) is 14.1. The Morgan fingerprint density at radius 2 is 2.32 bits per heavy atom. The molecule has 1 aliphatic rings. The molecular formula is C16H22N6O3. The van der Waals surface area contributed by atoms with E-state index in [1.807, 2.05) is 6.92 Å². The number of hydrogen-bond acceptors (Lipinski definition) is 6. The number of hydrogen-bond donors (Lipinski definition) is 3. The van der Waals surface area contributed by atoms with Crippen LogP contribution in [0.15, 0.2) is 16.9 Å². The quantitative estimate of drug-likeness (QED) is 0.696. The number of primary amides is 1. The maximum absolute atomic E-state index is 12.2. The fraction of sp³-hybridized carbons (Fsp3) is 0.500. The Balaban J connectivity index is 1.49. The molecule has 134 valence electrons. The van der Waals surface area contributed by atoms with E-state index in [9.17, 15) is 9.59 Å². The largest absolute Gasteiger partial charge is 0.366 e. The lowest BCUT2D eigenvalue weighted by Gasteiger charge is -2.32. The van der Waals surface area contributed by atoms with Crippen LogP contribution in [0.4, 0.5) is 0 Å². The van der Waals surface area contributed by atoms with E-state index in [0.29, 0.717) is 30.3 Å². The highest BCUT2D eigenvalue weighted by Gasteiger charge is 2.22. The average molecular weight is 346 g/mol. The van der Waals surface area contributed by atoms with Crippen molar-refractivity contribution in [2.45, 2.75) is 26.3 Å². The number of H-pyrrole nitrogens is 1. The lowest BCUT2D eigenvalue weighted by molar-refractivity contribution is 0.0925. The molecule has 25 heavy (non-hydrogen) atoms. The topological polar surface area (TPSA) is 130 Å². The first-order valence-electron chi connectivity index (χ1n) is 8.29. The third-order valence-electron chi connectivity index (χ3n) is 4.49. The fourth-order valence-electron chi connectivity index (χ4n) is 3.07. The summed E-state index contributed by atoms with van der Waals surface area (Å²) in [4.78, 5) is 28.3. The van der Waals surface area contributed by atoms with Gasteiger partial charge in [-0.05, 0) is 38.3 Å². The van der Waals surface area contributed by atoms with Crippen LogP contribution in [0.5, 0.6) is 0 Å². The minimum absolute atomic E-state index is 0.235. The molecule has 9 heteroatoms. The van der Waals surface area contributed by atoms with E-state index in [1.165, 1.54) is 12.3 Å². The Bertz CT molecular complexity index is 753. The number of nitrogens with one attached hydrogen (secondary N) is 2. The van der Waals surface area contributed by atoms with E-state index in [4.69, 9.17) is 10.4 Å². The molecule has 2 aromatic heterocycles. The number of nitrogens with zero attached hydrogens (tertiary/aromatic N) is 3. The van der Waals surface area contributed by atoms with Crippen molar-refractivity contribution < 1.29 is 14.2 Å². The molecule has 4 N–H and O–H groups in total. The number of piperidine rings is 1. The number of aromatic amines is 1. The average Bonchev–Trinajstić information content (AvgIpc) is 3.23. The summed E-state index contributed by atoms with van der Waals surface area (Å²) in [5.74, 6) is -0.430. The number of aryl methyl sites for hydroxylation is 1. The van der Waals surface area contributed by atoms with E-state index in [0.717, 1.165) is 37.3 Å². The highest BCUT2D eigenvalue weighted by Crippen LogP contribution is 2.18. The van der Waals surface area contributed by atoms with Crippen molar-refractivity contribution >= 4 is 11.8 Å². The molecule has 1 unspecified atom stereocenters. The molecule has 1 saturated heterocycles. The van der Waals surface area contributed by atoms with Gasteiger partial charge in [-0.3, -0.25) is 14.5 Å². The van der Waals surface area contributed by atoms with Crippen molar-refractivity contribution in [3.63, 3.8) is 0 Å². The highest BCUT2D eigenvalue weighted by molar-refractivity contribution is 5.98. The smallest absolute Gasteiger partial charge is 0.267 e. The number of nitrogens with two attached hydrogens (primary N) is 1. The molecule has 3 rings (SSSR count). The maximum atomic E-state index is 12.2. The van der Waals surface area contributed by atoms with Crippen LogP contribution in [-0.4, -0.2) is 51.6 Å². The summed E-state index contributed by atoms with van der Waals surface area (Å²) in [6.45, 7) is 5.04. The standard InChI is InChI=1S/C16H22N6O3/c1-10-14(21-25-20-10)9-22-4-2-3-11(8-22)6-19-16(24)13-5-12(7-18-13)15(17)23/h5,7,11,18H,2-4,6,8-9H2,1H3,(H2,17,23)(H,19,24). The summed E-state index contributed by atoms with van der Waals surface area (Å²) in [6.07, 6.45) is 3.57. The summed E-state index contributed by atoms with van der Waals surface area (Å²) in [7, 11) is 0. The molecule has 1 atom stereocenters. The van der Waals surface area contributed by atoms with E-state index in [2.05, 4.69) is 25.5 Å². The molecule has 1 fully saturated rings. The van der Waals surface area contributed by atoms with Gasteiger partial charge in [-0.1, -0.05) is 10.3 Å². The molecule has 0 aliphatic carbocycles. The van der Waals surface area contributed by atoms with Gasteiger partial charge < -0.3 is 16.0 Å². The van der Waals surface area contributed by atoms with Gasteiger partial charge in [-0.2, -0.15) is 0 Å². The molecule has 2 amide bonds. The van der Waals surface area contributed by atoms with Gasteiger partial charge in [0.05, 0.1) is 5.56 Å². The summed E-state index contributed by atoms with van der Waals surface area (Å²) in [6, 6.07) is 1.46. The SMILES string of the molecule is Cc1nonc1CN1CCCC(CNC(=O)c2cc(C(N)=O)c[nH]2)C1. The van der Waals surface area contributed by atoms with Crippen LogP contribution in [0.3, 0.4) is 0 Å². The second-order valence-electron chi connectivity index (χ2n) is 6.42. The van der Waals surface area contributed by atoms with Crippen molar-refractivity contribution in [2.24, 2.45) is 11.7 Å². The number of carbonyl (C=O) groups is 2. The van der Waals surface area contributed by atoms with Crippen molar-refractivity contribution in [1.29, 1.82) is 0 Å². The monoisotopic (exact) mass is 346 g/mol. The Morgan fingerprint density at radius 1 is 1.48 bits per heavy atom. The highest BCUT2D eigenvalue weighted by atomic mass is 16.6. The second kappa shape index (κ2) is 7.47. The summed E-state index contributed by atoms with van der Waals surface area (Å²) < 4.78 is 4.74. The molecule has 1 aliphatic heterocycles. The van der Waals surface area contributed by atoms with Gasteiger partial charge in [-0.15, -0.1) is 0 Å². The molecule has 3 heterocycles. The predicted octanol–water partition coefficient (Wildman–Crippen LogP) is 0.447. The normalized spacial score (nSPS) is 18.2. The van der Waals surface area contributed by atoms with Crippen LogP contribution < -0.4 is 11.1 Å². The van der Waals surface area contributed by atoms with Crippen LogP contribution in [0, 0.1) is 12.8 Å². The molecular weight excluding hydrogens is 324 g/mol. The zero-order valence-electron chi connectivity index (χ0n) is 14.1. The summed E-state index contributed by atoms with van der Waals surface area (Å²) in [5, 5.41) is 10.6. The number of likely N-dealkylation sites (tertiary alicyclic amines) is 1. The lowest BCUT2D eigenvalue weighted by Crippen LogP contribution is -2.40. The van der Waals surface area contributed by atoms with Crippen LogP contribution in [0.25, 0.3) is 0 Å². The van der Waals surface area contributed by atoms with Crippen LogP contribution in [-0.2, 0) is 6.54 Å². The first-order valence-corrected chi connectivity index (χ1v) is 8.29. The van der Waals surface area contributed by atoms with E-state index in [1.54, 1.807) is 0 Å². The number of amides is 2. The van der Waals surface area contributed by atoms with Gasteiger partial charge in [0.1, 0.15) is 17.1 Å². The Morgan fingerprint density at radius 3 is 3.00 bits per heavy atom. The molecule has 0 bridgehead atoms. The third-order valence-corrected chi connectivity index (χ3v) is 4.49. The molecule has 0 aromatic carbocycles. The van der Waals surface area contributed by atoms with Crippen LogP contribution in [0.1, 0.15) is 45.1 Å². The number of carbonyl (C=O) groups excluding carboxylic acids is 2. The van der Waals surface area contributed by atoms with E-state index in [-0.39, 0.29) is 5.91 Å².